The summed E-state index contributed by atoms with van der Waals surface area (Å²) in [5.74, 6) is 1.58. The van der Waals surface area contributed by atoms with E-state index in [-0.39, 0.29) is 6.04 Å². The van der Waals surface area contributed by atoms with Crippen LogP contribution in [0.4, 0.5) is 0 Å². The Kier molecular flexibility index (Phi) is 8.34. The van der Waals surface area contributed by atoms with Crippen LogP contribution in [-0.2, 0) is 12.8 Å². The molecule has 6 heterocycles. The van der Waals surface area contributed by atoms with Gasteiger partial charge in [0, 0.05) is 51.8 Å². The summed E-state index contributed by atoms with van der Waals surface area (Å²) in [5.41, 5.74) is 13.7. The first-order valence-electron chi connectivity index (χ1n) is 19.9. The van der Waals surface area contributed by atoms with Crippen molar-refractivity contribution in [2.24, 2.45) is 5.92 Å². The lowest BCUT2D eigenvalue weighted by molar-refractivity contribution is -0.719. The van der Waals surface area contributed by atoms with Gasteiger partial charge >= 0.3 is 0 Å². The van der Waals surface area contributed by atoms with E-state index in [0.29, 0.717) is 17.5 Å². The summed E-state index contributed by atoms with van der Waals surface area (Å²) < 4.78 is 11.8. The Bertz CT molecular complexity index is 2360. The standard InChI is InChI=1S/C47H53N3OSi/c1-30(2)40-28-42-36-16-11-10-15-35(36)37-20-18-34-19-21-38-39-17-12-23-48-47(39)51-46(38)45(34)43-27-33(26-32-13-8-7-9-14-32)22-24-49(43)31(3)25-41(37)50(42)29-44(40)52(4,5)6/h10-12,15-17,19,21-24,27-30,32,37,41H,3,7-9,13-14,18,20,25-26H2,1-2,4-6H3/q+2. The van der Waals surface area contributed by atoms with Gasteiger partial charge in [-0.15, -0.1) is 0 Å². The molecule has 0 N–H and O–H groups in total. The highest BCUT2D eigenvalue weighted by Crippen LogP contribution is 2.46. The molecule has 9 rings (SSSR count). The Morgan fingerprint density at radius 3 is 2.54 bits per heavy atom. The second-order valence-electron chi connectivity index (χ2n) is 17.3. The molecule has 2 atom stereocenters. The molecule has 2 aromatic carbocycles. The van der Waals surface area contributed by atoms with Gasteiger partial charge in [0.15, 0.2) is 29.7 Å². The Morgan fingerprint density at radius 1 is 0.904 bits per heavy atom. The number of nitrogens with zero attached hydrogens (tertiary/aromatic N) is 3. The molecule has 5 heteroatoms. The third-order valence-electron chi connectivity index (χ3n) is 12.6. The van der Waals surface area contributed by atoms with Crippen LogP contribution >= 0.6 is 0 Å². The summed E-state index contributed by atoms with van der Waals surface area (Å²) in [4.78, 5) is 4.66. The molecule has 4 nitrogen and oxygen atoms in total. The molecule has 52 heavy (non-hydrogen) atoms. The van der Waals surface area contributed by atoms with Gasteiger partial charge in [0.05, 0.1) is 20.1 Å². The fraction of sp³-hybridized carbons (Fsp3) is 0.383. The first-order valence-corrected chi connectivity index (χ1v) is 23.4. The molecule has 0 radical (unpaired) electrons. The lowest BCUT2D eigenvalue weighted by atomic mass is 9.77. The SMILES string of the molecule is C=C1CC2C(CCc3ccc4c(oc5ncccc54)c3-c3cc(CC4CCCCC4)cc[n+]31)c1ccccc1-c1cc(C(C)C)c([Si](C)(C)C)c[n+]12. The second-order valence-corrected chi connectivity index (χ2v) is 22.4. The van der Waals surface area contributed by atoms with E-state index in [1.54, 1.807) is 5.19 Å². The van der Waals surface area contributed by atoms with Crippen LogP contribution in [0, 0.1) is 5.92 Å². The Balaban J connectivity index is 1.26. The summed E-state index contributed by atoms with van der Waals surface area (Å²) in [6.45, 7) is 17.2. The van der Waals surface area contributed by atoms with Crippen LogP contribution in [0.2, 0.25) is 19.6 Å². The minimum Gasteiger partial charge on any atom is -0.437 e. The zero-order valence-electron chi connectivity index (χ0n) is 31.7. The third kappa shape index (κ3) is 5.67. The Morgan fingerprint density at radius 2 is 1.73 bits per heavy atom. The molecule has 1 saturated carbocycles. The van der Waals surface area contributed by atoms with E-state index in [4.69, 9.17) is 11.0 Å². The summed E-state index contributed by atoms with van der Waals surface area (Å²) in [7, 11) is -1.64. The molecule has 0 bridgehead atoms. The minimum absolute atomic E-state index is 0.261. The number of aromatic nitrogens is 3. The van der Waals surface area contributed by atoms with E-state index >= 15 is 0 Å². The molecule has 1 fully saturated rings. The fourth-order valence-electron chi connectivity index (χ4n) is 9.94. The maximum absolute atomic E-state index is 6.73. The average Bonchev–Trinajstić information content (AvgIpc) is 3.52. The largest absolute Gasteiger partial charge is 0.437 e. The topological polar surface area (TPSA) is 33.8 Å². The molecule has 0 spiro atoms. The predicted molar refractivity (Wildman–Crippen MR) is 217 cm³/mol. The Hall–Kier alpha value is -4.35. The van der Waals surface area contributed by atoms with Crippen LogP contribution in [-0.4, -0.2) is 13.1 Å². The van der Waals surface area contributed by atoms with Crippen LogP contribution in [0.5, 0.6) is 0 Å². The summed E-state index contributed by atoms with van der Waals surface area (Å²) in [6, 6.07) is 25.7. The van der Waals surface area contributed by atoms with Crippen molar-refractivity contribution < 1.29 is 13.6 Å². The molecule has 0 amide bonds. The molecule has 264 valence electrons. The van der Waals surface area contributed by atoms with E-state index in [1.807, 2.05) is 12.3 Å². The first kappa shape index (κ1) is 33.5. The monoisotopic (exact) mass is 703 g/mol. The number of aryl methyl sites for hydroxylation is 1. The quantitative estimate of drug-likeness (QED) is 0.135. The van der Waals surface area contributed by atoms with Gasteiger partial charge in [-0.1, -0.05) is 95.9 Å². The van der Waals surface area contributed by atoms with Gasteiger partial charge in [0.25, 0.3) is 0 Å². The molecule has 4 aromatic heterocycles. The maximum Gasteiger partial charge on any atom is 0.227 e. The number of furan rings is 1. The minimum atomic E-state index is -1.64. The average molecular weight is 704 g/mol. The highest BCUT2D eigenvalue weighted by Gasteiger charge is 2.44. The third-order valence-corrected chi connectivity index (χ3v) is 14.6. The van der Waals surface area contributed by atoms with Crippen molar-refractivity contribution in [2.45, 2.75) is 109 Å². The second kappa shape index (κ2) is 12.9. The van der Waals surface area contributed by atoms with Crippen molar-refractivity contribution in [3.8, 4) is 22.5 Å². The molecule has 2 aliphatic heterocycles. The van der Waals surface area contributed by atoms with Gasteiger partial charge in [-0.25, -0.2) is 4.98 Å². The zero-order chi connectivity index (χ0) is 35.7. The van der Waals surface area contributed by atoms with E-state index in [9.17, 15) is 0 Å². The van der Waals surface area contributed by atoms with Crippen molar-refractivity contribution >= 4 is 41.0 Å². The number of fused-ring (bicyclic) bond motifs is 13. The number of pyridine rings is 3. The molecule has 2 unspecified atom stereocenters. The van der Waals surface area contributed by atoms with Gasteiger partial charge in [-0.05, 0) is 78.1 Å². The van der Waals surface area contributed by atoms with Crippen molar-refractivity contribution in [1.82, 2.24) is 4.98 Å². The first-order chi connectivity index (χ1) is 25.2. The number of rotatable bonds is 4. The van der Waals surface area contributed by atoms with Crippen LogP contribution < -0.4 is 14.3 Å². The van der Waals surface area contributed by atoms with Crippen molar-refractivity contribution in [2.75, 3.05) is 0 Å². The lowest BCUT2D eigenvalue weighted by Gasteiger charge is -2.33. The summed E-state index contributed by atoms with van der Waals surface area (Å²) >= 11 is 0. The molecule has 6 aromatic rings. The fourth-order valence-corrected chi connectivity index (χ4v) is 11.7. The Labute approximate surface area is 310 Å². The van der Waals surface area contributed by atoms with E-state index in [1.165, 1.54) is 76.9 Å². The van der Waals surface area contributed by atoms with Gasteiger partial charge in [0.1, 0.15) is 0 Å². The lowest BCUT2D eigenvalue weighted by Crippen LogP contribution is -2.54. The smallest absolute Gasteiger partial charge is 0.227 e. The summed E-state index contributed by atoms with van der Waals surface area (Å²) in [6.07, 6.45) is 17.6. The highest BCUT2D eigenvalue weighted by atomic mass is 28.3. The predicted octanol–water partition coefficient (Wildman–Crippen LogP) is 10.8. The van der Waals surface area contributed by atoms with E-state index in [0.717, 1.165) is 53.7 Å². The normalized spacial score (nSPS) is 19.2. The number of hydrogen-bond donors (Lipinski definition) is 0. The van der Waals surface area contributed by atoms with Crippen molar-refractivity contribution in [1.29, 1.82) is 0 Å². The molecule has 0 saturated heterocycles. The van der Waals surface area contributed by atoms with Gasteiger partial charge in [-0.2, -0.15) is 9.13 Å². The van der Waals surface area contributed by atoms with Gasteiger partial charge in [0.2, 0.25) is 17.1 Å². The zero-order valence-corrected chi connectivity index (χ0v) is 32.7. The highest BCUT2D eigenvalue weighted by molar-refractivity contribution is 6.89. The van der Waals surface area contributed by atoms with Gasteiger partial charge in [-0.3, -0.25) is 0 Å². The van der Waals surface area contributed by atoms with Crippen molar-refractivity contribution in [3.63, 3.8) is 0 Å². The molecule has 3 aliphatic rings. The van der Waals surface area contributed by atoms with Crippen LogP contribution in [0.25, 0.3) is 50.3 Å². The van der Waals surface area contributed by atoms with Crippen LogP contribution in [0.1, 0.15) is 98.9 Å². The van der Waals surface area contributed by atoms with Crippen LogP contribution in [0.15, 0.2) is 96.3 Å². The molecule has 1 aliphatic carbocycles. The number of benzene rings is 2. The van der Waals surface area contributed by atoms with Crippen LogP contribution in [0.3, 0.4) is 0 Å². The number of hydrogen-bond acceptors (Lipinski definition) is 2. The molecular formula is C47H53N3OSi+2. The molecular weight excluding hydrogens is 651 g/mol. The van der Waals surface area contributed by atoms with E-state index in [2.05, 4.69) is 121 Å². The summed E-state index contributed by atoms with van der Waals surface area (Å²) in [5, 5.41) is 3.80. The number of allylic oxidation sites excluding steroid dienone is 1. The van der Waals surface area contributed by atoms with Gasteiger partial charge < -0.3 is 4.42 Å². The maximum atomic E-state index is 6.73. The van der Waals surface area contributed by atoms with E-state index < -0.39 is 8.07 Å². The van der Waals surface area contributed by atoms with Crippen molar-refractivity contribution in [3.05, 3.63) is 114 Å².